The van der Waals surface area contributed by atoms with Crippen LogP contribution in [0.1, 0.15) is 109 Å². The molecule has 0 spiro atoms. The van der Waals surface area contributed by atoms with Crippen LogP contribution in [0.2, 0.25) is 0 Å². The highest BCUT2D eigenvalue weighted by atomic mass is 16.5. The summed E-state index contributed by atoms with van der Waals surface area (Å²) in [4.78, 5) is 12.2. The first kappa shape index (κ1) is 25.5. The lowest BCUT2D eigenvalue weighted by molar-refractivity contribution is -0.127. The predicted molar refractivity (Wildman–Crippen MR) is 125 cm³/mol. The van der Waals surface area contributed by atoms with Gasteiger partial charge < -0.3 is 10.1 Å². The Morgan fingerprint density at radius 3 is 1.83 bits per heavy atom. The number of ether oxygens (including phenoxy) is 1. The van der Waals surface area contributed by atoms with Crippen LogP contribution in [0.3, 0.4) is 0 Å². The molecule has 0 aliphatic heterocycles. The number of amides is 1. The van der Waals surface area contributed by atoms with Crippen molar-refractivity contribution >= 4 is 5.91 Å². The second kappa shape index (κ2) is 17.4. The van der Waals surface area contributed by atoms with Gasteiger partial charge in [-0.1, -0.05) is 109 Å². The van der Waals surface area contributed by atoms with Gasteiger partial charge in [-0.15, -0.1) is 0 Å². The van der Waals surface area contributed by atoms with Crippen molar-refractivity contribution in [3.63, 3.8) is 0 Å². The first-order chi connectivity index (χ1) is 14.1. The summed E-state index contributed by atoms with van der Waals surface area (Å²) in [5.74, 6) is 0.759. The molecule has 0 radical (unpaired) electrons. The molecular weight excluding hydrogens is 358 g/mol. The van der Waals surface area contributed by atoms with E-state index in [9.17, 15) is 4.79 Å². The van der Waals surface area contributed by atoms with E-state index in [-0.39, 0.29) is 5.91 Å². The van der Waals surface area contributed by atoms with E-state index in [0.29, 0.717) is 0 Å². The summed E-state index contributed by atoms with van der Waals surface area (Å²) in [6, 6.07) is 7.81. The van der Waals surface area contributed by atoms with Gasteiger partial charge in [-0.25, -0.2) is 0 Å². The normalized spacial score (nSPS) is 12.0. The smallest absolute Gasteiger partial charge is 0.260 e. The standard InChI is InChI=1S/C26H45NO2/c1-4-5-6-7-8-9-10-11-12-13-14-15-16-19-22-27-26(28)24(3)29-25-21-18-17-20-23(25)2/h17-18,20-21,24H,4-16,19,22H2,1-3H3,(H,27,28). The highest BCUT2D eigenvalue weighted by Gasteiger charge is 2.14. The molecule has 0 fully saturated rings. The molecule has 3 nitrogen and oxygen atoms in total. The molecule has 1 atom stereocenters. The van der Waals surface area contributed by atoms with Crippen LogP contribution in [0.5, 0.6) is 5.75 Å². The number of aryl methyl sites for hydroxylation is 1. The van der Waals surface area contributed by atoms with E-state index in [0.717, 1.165) is 24.3 Å². The Balaban J connectivity index is 1.89. The van der Waals surface area contributed by atoms with E-state index in [2.05, 4.69) is 12.2 Å². The lowest BCUT2D eigenvalue weighted by atomic mass is 10.0. The van der Waals surface area contributed by atoms with Crippen LogP contribution in [0, 0.1) is 6.92 Å². The first-order valence-corrected chi connectivity index (χ1v) is 12.1. The molecule has 0 bridgehead atoms. The highest BCUT2D eigenvalue weighted by Crippen LogP contribution is 2.18. The lowest BCUT2D eigenvalue weighted by Crippen LogP contribution is -2.36. The van der Waals surface area contributed by atoms with Gasteiger partial charge in [0, 0.05) is 6.54 Å². The van der Waals surface area contributed by atoms with Crippen LogP contribution in [0.4, 0.5) is 0 Å². The van der Waals surface area contributed by atoms with Crippen LogP contribution in [-0.2, 0) is 4.79 Å². The van der Waals surface area contributed by atoms with E-state index < -0.39 is 6.10 Å². The highest BCUT2D eigenvalue weighted by molar-refractivity contribution is 5.80. The summed E-state index contributed by atoms with van der Waals surface area (Å²) >= 11 is 0. The van der Waals surface area contributed by atoms with Gasteiger partial charge in [0.2, 0.25) is 0 Å². The van der Waals surface area contributed by atoms with Crippen LogP contribution < -0.4 is 10.1 Å². The minimum atomic E-state index is -0.456. The van der Waals surface area contributed by atoms with Crippen molar-refractivity contribution in [2.75, 3.05) is 6.54 Å². The van der Waals surface area contributed by atoms with E-state index in [4.69, 9.17) is 4.74 Å². The SMILES string of the molecule is CCCCCCCCCCCCCCCCNC(=O)C(C)Oc1ccccc1C. The maximum Gasteiger partial charge on any atom is 0.260 e. The van der Waals surface area contributed by atoms with Gasteiger partial charge in [0.05, 0.1) is 0 Å². The average molecular weight is 404 g/mol. The van der Waals surface area contributed by atoms with E-state index in [1.165, 1.54) is 83.5 Å². The molecule has 1 rings (SSSR count). The number of carbonyl (C=O) groups excluding carboxylic acids is 1. The zero-order chi connectivity index (χ0) is 21.2. The largest absolute Gasteiger partial charge is 0.481 e. The van der Waals surface area contributed by atoms with Gasteiger partial charge in [0.1, 0.15) is 5.75 Å². The molecule has 0 saturated carbocycles. The number of rotatable bonds is 18. The maximum atomic E-state index is 12.2. The molecule has 29 heavy (non-hydrogen) atoms. The monoisotopic (exact) mass is 403 g/mol. The molecule has 1 unspecified atom stereocenters. The number of unbranched alkanes of at least 4 members (excludes halogenated alkanes) is 13. The van der Waals surface area contributed by atoms with Gasteiger partial charge in [-0.05, 0) is 31.9 Å². The van der Waals surface area contributed by atoms with Crippen molar-refractivity contribution < 1.29 is 9.53 Å². The molecule has 0 aliphatic rings. The van der Waals surface area contributed by atoms with Gasteiger partial charge in [0.25, 0.3) is 5.91 Å². The topological polar surface area (TPSA) is 38.3 Å². The van der Waals surface area contributed by atoms with E-state index >= 15 is 0 Å². The van der Waals surface area contributed by atoms with Gasteiger partial charge >= 0.3 is 0 Å². The van der Waals surface area contributed by atoms with E-state index in [1.54, 1.807) is 0 Å². The third-order valence-corrected chi connectivity index (χ3v) is 5.60. The number of hydrogen-bond donors (Lipinski definition) is 1. The summed E-state index contributed by atoms with van der Waals surface area (Å²) in [6.45, 7) is 6.83. The number of nitrogens with one attached hydrogen (secondary N) is 1. The molecule has 1 aromatic rings. The Morgan fingerprint density at radius 2 is 1.31 bits per heavy atom. The second-order valence-electron chi connectivity index (χ2n) is 8.41. The summed E-state index contributed by atoms with van der Waals surface area (Å²) < 4.78 is 5.77. The maximum absolute atomic E-state index is 12.2. The molecule has 3 heteroatoms. The minimum absolute atomic E-state index is 0.0250. The van der Waals surface area contributed by atoms with Crippen LogP contribution in [0.15, 0.2) is 24.3 Å². The molecule has 1 N–H and O–H groups in total. The number of hydrogen-bond acceptors (Lipinski definition) is 2. The molecule has 0 aliphatic carbocycles. The van der Waals surface area contributed by atoms with Crippen LogP contribution in [0.25, 0.3) is 0 Å². The summed E-state index contributed by atoms with van der Waals surface area (Å²) in [6.07, 6.45) is 18.4. The first-order valence-electron chi connectivity index (χ1n) is 12.1. The van der Waals surface area contributed by atoms with Crippen molar-refractivity contribution in [3.05, 3.63) is 29.8 Å². The van der Waals surface area contributed by atoms with Crippen molar-refractivity contribution in [2.45, 2.75) is 117 Å². The fourth-order valence-electron chi connectivity index (χ4n) is 3.61. The zero-order valence-corrected chi connectivity index (χ0v) is 19.3. The average Bonchev–Trinajstić information content (AvgIpc) is 2.72. The van der Waals surface area contributed by atoms with Crippen molar-refractivity contribution in [1.29, 1.82) is 0 Å². The van der Waals surface area contributed by atoms with Crippen molar-refractivity contribution in [2.24, 2.45) is 0 Å². The Morgan fingerprint density at radius 1 is 0.828 bits per heavy atom. The Hall–Kier alpha value is -1.51. The Labute approximate surface area is 180 Å². The van der Waals surface area contributed by atoms with Crippen LogP contribution >= 0.6 is 0 Å². The Kier molecular flexibility index (Phi) is 15.3. The molecule has 0 heterocycles. The quantitative estimate of drug-likeness (QED) is 0.260. The molecule has 166 valence electrons. The van der Waals surface area contributed by atoms with Crippen molar-refractivity contribution in [3.8, 4) is 5.75 Å². The lowest BCUT2D eigenvalue weighted by Gasteiger charge is -2.16. The van der Waals surface area contributed by atoms with Crippen molar-refractivity contribution in [1.82, 2.24) is 5.32 Å². The van der Waals surface area contributed by atoms with E-state index in [1.807, 2.05) is 38.1 Å². The minimum Gasteiger partial charge on any atom is -0.481 e. The number of benzene rings is 1. The fraction of sp³-hybridized carbons (Fsp3) is 0.731. The molecule has 0 saturated heterocycles. The third kappa shape index (κ3) is 13.4. The molecular formula is C26H45NO2. The van der Waals surface area contributed by atoms with Gasteiger partial charge in [-0.2, -0.15) is 0 Å². The molecule has 1 amide bonds. The second-order valence-corrected chi connectivity index (χ2v) is 8.41. The zero-order valence-electron chi connectivity index (χ0n) is 19.3. The van der Waals surface area contributed by atoms with Gasteiger partial charge in [0.15, 0.2) is 6.10 Å². The number of carbonyl (C=O) groups is 1. The number of para-hydroxylation sites is 1. The summed E-state index contributed by atoms with van der Waals surface area (Å²) in [5, 5.41) is 3.00. The van der Waals surface area contributed by atoms with Crippen LogP contribution in [-0.4, -0.2) is 18.6 Å². The Bertz CT molecular complexity index is 529. The predicted octanol–water partition coefficient (Wildman–Crippen LogP) is 7.36. The molecule has 1 aromatic carbocycles. The molecule has 0 aromatic heterocycles. The summed E-state index contributed by atoms with van der Waals surface area (Å²) in [5.41, 5.74) is 1.05. The fourth-order valence-corrected chi connectivity index (χ4v) is 3.61. The third-order valence-electron chi connectivity index (χ3n) is 5.60. The summed E-state index contributed by atoms with van der Waals surface area (Å²) in [7, 11) is 0. The van der Waals surface area contributed by atoms with Gasteiger partial charge in [-0.3, -0.25) is 4.79 Å².